The number of nitrogens with zero attached hydrogens (tertiary/aromatic N) is 1. The van der Waals surface area contributed by atoms with Gasteiger partial charge in [-0.2, -0.15) is 0 Å². The lowest BCUT2D eigenvalue weighted by atomic mass is 10.1. The molecular weight excluding hydrogens is 296 g/mol. The van der Waals surface area contributed by atoms with E-state index in [0.717, 1.165) is 12.8 Å². The molecule has 0 amide bonds. The van der Waals surface area contributed by atoms with E-state index in [2.05, 4.69) is 16.6 Å². The van der Waals surface area contributed by atoms with Gasteiger partial charge < -0.3 is 0 Å². The molecule has 0 aliphatic carbocycles. The van der Waals surface area contributed by atoms with Crippen LogP contribution in [0, 0.1) is 0 Å². The van der Waals surface area contributed by atoms with E-state index >= 15 is 0 Å². The first-order valence-corrected chi connectivity index (χ1v) is 8.10. The van der Waals surface area contributed by atoms with E-state index in [1.807, 2.05) is 12.1 Å². The first-order valence-electron chi connectivity index (χ1n) is 6.24. The van der Waals surface area contributed by atoms with Crippen LogP contribution in [0.4, 0.5) is 5.69 Å². The van der Waals surface area contributed by atoms with Gasteiger partial charge in [-0.05, 0) is 36.2 Å². The van der Waals surface area contributed by atoms with Crippen LogP contribution in [0.2, 0.25) is 5.15 Å². The SMILES string of the molecule is CCCc1ccc(NS(=O)(=O)c2ccnc(Cl)c2)cc1. The fourth-order valence-electron chi connectivity index (χ4n) is 1.79. The molecule has 106 valence electrons. The number of hydrogen-bond acceptors (Lipinski definition) is 3. The van der Waals surface area contributed by atoms with Crippen molar-refractivity contribution in [3.05, 3.63) is 53.3 Å². The summed E-state index contributed by atoms with van der Waals surface area (Å²) in [6.07, 6.45) is 3.40. The lowest BCUT2D eigenvalue weighted by Crippen LogP contribution is -2.13. The number of halogens is 1. The first-order chi connectivity index (χ1) is 9.51. The van der Waals surface area contributed by atoms with Gasteiger partial charge in [0, 0.05) is 11.9 Å². The van der Waals surface area contributed by atoms with Gasteiger partial charge >= 0.3 is 0 Å². The van der Waals surface area contributed by atoms with Gasteiger partial charge in [-0.25, -0.2) is 13.4 Å². The summed E-state index contributed by atoms with van der Waals surface area (Å²) in [7, 11) is -3.64. The number of nitrogens with one attached hydrogen (secondary N) is 1. The molecule has 0 saturated heterocycles. The summed E-state index contributed by atoms with van der Waals surface area (Å²) in [6, 6.07) is 10.1. The molecule has 4 nitrogen and oxygen atoms in total. The van der Waals surface area contributed by atoms with Crippen LogP contribution in [0.5, 0.6) is 0 Å². The summed E-state index contributed by atoms with van der Waals surface area (Å²) >= 11 is 5.71. The lowest BCUT2D eigenvalue weighted by Gasteiger charge is -2.08. The number of rotatable bonds is 5. The molecular formula is C14H15ClN2O2S. The van der Waals surface area contributed by atoms with Crippen molar-refractivity contribution < 1.29 is 8.42 Å². The Morgan fingerprint density at radius 3 is 2.50 bits per heavy atom. The fraction of sp³-hybridized carbons (Fsp3) is 0.214. The van der Waals surface area contributed by atoms with Crippen molar-refractivity contribution in [2.45, 2.75) is 24.7 Å². The molecule has 20 heavy (non-hydrogen) atoms. The molecule has 0 radical (unpaired) electrons. The molecule has 0 aliphatic rings. The standard InChI is InChI=1S/C14H15ClN2O2S/c1-2-3-11-4-6-12(7-5-11)17-20(18,19)13-8-9-16-14(15)10-13/h4-10,17H,2-3H2,1H3. The molecule has 0 fully saturated rings. The van der Waals surface area contributed by atoms with E-state index in [1.54, 1.807) is 12.1 Å². The normalized spacial score (nSPS) is 11.3. The van der Waals surface area contributed by atoms with Crippen molar-refractivity contribution >= 4 is 27.3 Å². The summed E-state index contributed by atoms with van der Waals surface area (Å²) in [5, 5.41) is 0.145. The van der Waals surface area contributed by atoms with E-state index in [4.69, 9.17) is 11.6 Å². The van der Waals surface area contributed by atoms with E-state index in [0.29, 0.717) is 5.69 Å². The molecule has 0 saturated carbocycles. The monoisotopic (exact) mass is 310 g/mol. The van der Waals surface area contributed by atoms with E-state index < -0.39 is 10.0 Å². The topological polar surface area (TPSA) is 59.1 Å². The van der Waals surface area contributed by atoms with Crippen LogP contribution < -0.4 is 4.72 Å². The summed E-state index contributed by atoms with van der Waals surface area (Å²) in [4.78, 5) is 3.86. The third kappa shape index (κ3) is 3.71. The van der Waals surface area contributed by atoms with Crippen LogP contribution in [-0.2, 0) is 16.4 Å². The second-order valence-electron chi connectivity index (χ2n) is 4.37. The maximum absolute atomic E-state index is 12.2. The Kier molecular flexibility index (Phi) is 4.62. The Labute approximate surface area is 123 Å². The van der Waals surface area contributed by atoms with Crippen LogP contribution in [0.3, 0.4) is 0 Å². The highest BCUT2D eigenvalue weighted by atomic mass is 35.5. The zero-order valence-electron chi connectivity index (χ0n) is 11.0. The third-order valence-electron chi connectivity index (χ3n) is 2.75. The van der Waals surface area contributed by atoms with Gasteiger partial charge in [-0.1, -0.05) is 37.1 Å². The fourth-order valence-corrected chi connectivity index (χ4v) is 3.10. The minimum atomic E-state index is -3.64. The van der Waals surface area contributed by atoms with E-state index in [1.165, 1.54) is 23.9 Å². The Bertz CT molecular complexity index is 685. The molecule has 6 heteroatoms. The highest BCUT2D eigenvalue weighted by Gasteiger charge is 2.14. The van der Waals surface area contributed by atoms with E-state index in [9.17, 15) is 8.42 Å². The zero-order valence-corrected chi connectivity index (χ0v) is 12.6. The molecule has 1 aromatic carbocycles. The number of anilines is 1. The molecule has 2 aromatic rings. The second-order valence-corrected chi connectivity index (χ2v) is 6.44. The number of aryl methyl sites for hydroxylation is 1. The molecule has 0 unspecified atom stereocenters. The predicted molar refractivity (Wildman–Crippen MR) is 80.5 cm³/mol. The molecule has 0 aliphatic heterocycles. The molecule has 1 heterocycles. The Morgan fingerprint density at radius 1 is 1.20 bits per heavy atom. The van der Waals surface area contributed by atoms with Crippen LogP contribution in [-0.4, -0.2) is 13.4 Å². The average molecular weight is 311 g/mol. The molecule has 2 rings (SSSR count). The number of aromatic nitrogens is 1. The first kappa shape index (κ1) is 14.8. The molecule has 0 atom stereocenters. The predicted octanol–water partition coefficient (Wildman–Crippen LogP) is 3.49. The number of sulfonamides is 1. The van der Waals surface area contributed by atoms with Gasteiger partial charge in [0.25, 0.3) is 10.0 Å². The van der Waals surface area contributed by atoms with Gasteiger partial charge in [0.1, 0.15) is 5.15 Å². The van der Waals surface area contributed by atoms with Crippen molar-refractivity contribution in [2.24, 2.45) is 0 Å². The molecule has 1 aromatic heterocycles. The van der Waals surface area contributed by atoms with Gasteiger partial charge in [-0.15, -0.1) is 0 Å². The molecule has 0 bridgehead atoms. The van der Waals surface area contributed by atoms with Crippen molar-refractivity contribution in [3.63, 3.8) is 0 Å². The highest BCUT2D eigenvalue weighted by molar-refractivity contribution is 7.92. The number of hydrogen-bond donors (Lipinski definition) is 1. The van der Waals surface area contributed by atoms with Gasteiger partial charge in [0.05, 0.1) is 4.90 Å². The number of benzene rings is 1. The second kappa shape index (κ2) is 6.24. The summed E-state index contributed by atoms with van der Waals surface area (Å²) in [5.41, 5.74) is 1.71. The molecule has 1 N–H and O–H groups in total. The Balaban J connectivity index is 2.20. The average Bonchev–Trinajstić information content (AvgIpc) is 2.41. The Morgan fingerprint density at radius 2 is 1.90 bits per heavy atom. The quantitative estimate of drug-likeness (QED) is 0.860. The van der Waals surface area contributed by atoms with Crippen molar-refractivity contribution in [1.29, 1.82) is 0 Å². The van der Waals surface area contributed by atoms with Crippen molar-refractivity contribution in [2.75, 3.05) is 4.72 Å². The van der Waals surface area contributed by atoms with Gasteiger partial charge in [0.15, 0.2) is 0 Å². The highest BCUT2D eigenvalue weighted by Crippen LogP contribution is 2.18. The van der Waals surface area contributed by atoms with Crippen molar-refractivity contribution in [1.82, 2.24) is 4.98 Å². The summed E-state index contributed by atoms with van der Waals surface area (Å²) in [5.74, 6) is 0. The maximum Gasteiger partial charge on any atom is 0.262 e. The Hall–Kier alpha value is -1.59. The summed E-state index contributed by atoms with van der Waals surface area (Å²) in [6.45, 7) is 2.10. The minimum Gasteiger partial charge on any atom is -0.280 e. The van der Waals surface area contributed by atoms with Crippen LogP contribution >= 0.6 is 11.6 Å². The zero-order chi connectivity index (χ0) is 14.6. The smallest absolute Gasteiger partial charge is 0.262 e. The third-order valence-corrected chi connectivity index (χ3v) is 4.34. The largest absolute Gasteiger partial charge is 0.280 e. The van der Waals surface area contributed by atoms with Crippen molar-refractivity contribution in [3.8, 4) is 0 Å². The minimum absolute atomic E-state index is 0.0927. The molecule has 0 spiro atoms. The van der Waals surface area contributed by atoms with E-state index in [-0.39, 0.29) is 10.0 Å². The van der Waals surface area contributed by atoms with Crippen LogP contribution in [0.15, 0.2) is 47.5 Å². The van der Waals surface area contributed by atoms with Crippen LogP contribution in [0.1, 0.15) is 18.9 Å². The lowest BCUT2D eigenvalue weighted by molar-refractivity contribution is 0.601. The van der Waals surface area contributed by atoms with Gasteiger partial charge in [-0.3, -0.25) is 4.72 Å². The number of pyridine rings is 1. The van der Waals surface area contributed by atoms with Gasteiger partial charge in [0.2, 0.25) is 0 Å². The van der Waals surface area contributed by atoms with Crippen LogP contribution in [0.25, 0.3) is 0 Å². The summed E-state index contributed by atoms with van der Waals surface area (Å²) < 4.78 is 26.9. The maximum atomic E-state index is 12.2.